The molecule has 2 nitrogen and oxygen atoms in total. The van der Waals surface area contributed by atoms with Gasteiger partial charge in [0.2, 0.25) is 0 Å². The Hall–Kier alpha value is -0.0800. The number of hydrogen-bond donors (Lipinski definition) is 2. The van der Waals surface area contributed by atoms with Gasteiger partial charge in [-0.25, -0.2) is 0 Å². The second kappa shape index (κ2) is 7.24. The van der Waals surface area contributed by atoms with Crippen LogP contribution < -0.4 is 5.32 Å². The maximum absolute atomic E-state index is 9.75. The molecule has 2 atom stereocenters. The maximum Gasteiger partial charge on any atom is 0.0693 e. The molecule has 0 amide bonds. The first-order valence-electron chi connectivity index (χ1n) is 6.61. The van der Waals surface area contributed by atoms with Crippen molar-refractivity contribution in [2.24, 2.45) is 5.92 Å². The van der Waals surface area contributed by atoms with Crippen LogP contribution in [0.3, 0.4) is 0 Å². The van der Waals surface area contributed by atoms with E-state index in [2.05, 4.69) is 19.2 Å². The third kappa shape index (κ3) is 5.53. The second-order valence-electron chi connectivity index (χ2n) is 5.30. The molecular formula is C13H27NO. The molecule has 2 N–H and O–H groups in total. The van der Waals surface area contributed by atoms with Crippen molar-refractivity contribution >= 4 is 0 Å². The first-order valence-corrected chi connectivity index (χ1v) is 6.61. The molecule has 1 fully saturated rings. The minimum atomic E-state index is -0.0937. The Morgan fingerprint density at radius 1 is 1.20 bits per heavy atom. The van der Waals surface area contributed by atoms with Crippen LogP contribution in [-0.4, -0.2) is 23.8 Å². The molecule has 0 unspecified atom stereocenters. The van der Waals surface area contributed by atoms with Gasteiger partial charge < -0.3 is 10.4 Å². The van der Waals surface area contributed by atoms with Gasteiger partial charge in [-0.05, 0) is 31.7 Å². The zero-order valence-electron chi connectivity index (χ0n) is 10.3. The van der Waals surface area contributed by atoms with Crippen molar-refractivity contribution in [3.8, 4) is 0 Å². The van der Waals surface area contributed by atoms with Crippen LogP contribution in [0.5, 0.6) is 0 Å². The highest BCUT2D eigenvalue weighted by atomic mass is 16.3. The lowest BCUT2D eigenvalue weighted by atomic mass is 9.92. The fourth-order valence-electron chi connectivity index (χ4n) is 2.31. The smallest absolute Gasteiger partial charge is 0.0693 e. The quantitative estimate of drug-likeness (QED) is 0.665. The van der Waals surface area contributed by atoms with Crippen molar-refractivity contribution in [3.05, 3.63) is 0 Å². The van der Waals surface area contributed by atoms with E-state index in [1.54, 1.807) is 0 Å². The fraction of sp³-hybridized carbons (Fsp3) is 1.00. The molecule has 1 aliphatic rings. The lowest BCUT2D eigenvalue weighted by Crippen LogP contribution is -2.42. The summed E-state index contributed by atoms with van der Waals surface area (Å²) in [6, 6.07) is 0.373. The maximum atomic E-state index is 9.75. The third-order valence-corrected chi connectivity index (χ3v) is 3.34. The van der Waals surface area contributed by atoms with Crippen LogP contribution in [0.25, 0.3) is 0 Å². The topological polar surface area (TPSA) is 32.3 Å². The van der Waals surface area contributed by atoms with Crippen LogP contribution in [0.2, 0.25) is 0 Å². The largest absolute Gasteiger partial charge is 0.392 e. The van der Waals surface area contributed by atoms with Gasteiger partial charge in [-0.2, -0.15) is 0 Å². The van der Waals surface area contributed by atoms with Crippen molar-refractivity contribution < 1.29 is 5.11 Å². The van der Waals surface area contributed by atoms with Gasteiger partial charge in [0, 0.05) is 6.04 Å². The van der Waals surface area contributed by atoms with Crippen LogP contribution in [0, 0.1) is 5.92 Å². The normalized spacial score (nSPS) is 27.2. The Balaban J connectivity index is 1.99. The molecule has 0 aromatic carbocycles. The average Bonchev–Trinajstić information content (AvgIpc) is 2.20. The van der Waals surface area contributed by atoms with Crippen LogP contribution >= 0.6 is 0 Å². The lowest BCUT2D eigenvalue weighted by molar-refractivity contribution is 0.0909. The molecule has 0 radical (unpaired) electrons. The van der Waals surface area contributed by atoms with Crippen molar-refractivity contribution in [1.29, 1.82) is 0 Å². The summed E-state index contributed by atoms with van der Waals surface area (Å²) in [5, 5.41) is 13.2. The molecule has 1 aliphatic carbocycles. The molecule has 0 saturated heterocycles. The van der Waals surface area contributed by atoms with E-state index < -0.39 is 0 Å². The monoisotopic (exact) mass is 213 g/mol. The number of unbranched alkanes of at least 4 members (excludes halogenated alkanes) is 1. The Bertz CT molecular complexity index is 159. The summed E-state index contributed by atoms with van der Waals surface area (Å²) in [5.74, 6) is 0.824. The highest BCUT2D eigenvalue weighted by Crippen LogP contribution is 2.18. The van der Waals surface area contributed by atoms with E-state index in [0.29, 0.717) is 6.04 Å². The number of aliphatic hydroxyl groups excluding tert-OH is 1. The van der Waals surface area contributed by atoms with Gasteiger partial charge in [0.1, 0.15) is 0 Å². The standard InChI is InChI=1S/C13H27NO/c1-11(2)7-5-6-10-14-12-8-3-4-9-13(12)15/h11-15H,3-10H2,1-2H3/t12-,13-/m0/s1. The van der Waals surface area contributed by atoms with Crippen LogP contribution in [0.4, 0.5) is 0 Å². The Morgan fingerprint density at radius 2 is 1.93 bits per heavy atom. The third-order valence-electron chi connectivity index (χ3n) is 3.34. The van der Waals surface area contributed by atoms with Gasteiger partial charge in [-0.1, -0.05) is 39.5 Å². The molecule has 0 aromatic heterocycles. The summed E-state index contributed by atoms with van der Waals surface area (Å²) in [6.45, 7) is 5.63. The van der Waals surface area contributed by atoms with Crippen LogP contribution in [-0.2, 0) is 0 Å². The zero-order valence-corrected chi connectivity index (χ0v) is 10.3. The minimum Gasteiger partial charge on any atom is -0.392 e. The Kier molecular flexibility index (Phi) is 6.26. The summed E-state index contributed by atoms with van der Waals surface area (Å²) in [6.07, 6.45) is 8.43. The van der Waals surface area contributed by atoms with E-state index in [9.17, 15) is 5.11 Å². The van der Waals surface area contributed by atoms with E-state index in [-0.39, 0.29) is 6.10 Å². The Morgan fingerprint density at radius 3 is 2.60 bits per heavy atom. The summed E-state index contributed by atoms with van der Waals surface area (Å²) in [4.78, 5) is 0. The van der Waals surface area contributed by atoms with Gasteiger partial charge in [0.15, 0.2) is 0 Å². The first-order chi connectivity index (χ1) is 7.20. The van der Waals surface area contributed by atoms with Gasteiger partial charge in [-0.15, -0.1) is 0 Å². The van der Waals surface area contributed by atoms with Crippen molar-refractivity contribution in [2.45, 2.75) is 70.9 Å². The number of hydrogen-bond acceptors (Lipinski definition) is 2. The summed E-state index contributed by atoms with van der Waals surface area (Å²) >= 11 is 0. The SMILES string of the molecule is CC(C)CCCCN[C@H]1CCCC[C@@H]1O. The molecule has 0 bridgehead atoms. The van der Waals surface area contributed by atoms with E-state index in [1.165, 1.54) is 32.1 Å². The molecule has 90 valence electrons. The van der Waals surface area contributed by atoms with Gasteiger partial charge in [0.25, 0.3) is 0 Å². The van der Waals surface area contributed by atoms with E-state index in [0.717, 1.165) is 25.3 Å². The van der Waals surface area contributed by atoms with Crippen molar-refractivity contribution in [3.63, 3.8) is 0 Å². The summed E-state index contributed by atoms with van der Waals surface area (Å²) < 4.78 is 0. The summed E-state index contributed by atoms with van der Waals surface area (Å²) in [7, 11) is 0. The van der Waals surface area contributed by atoms with Gasteiger partial charge >= 0.3 is 0 Å². The number of nitrogens with one attached hydrogen (secondary N) is 1. The van der Waals surface area contributed by atoms with Gasteiger partial charge in [0.05, 0.1) is 6.10 Å². The summed E-state index contributed by atoms with van der Waals surface area (Å²) in [5.41, 5.74) is 0. The average molecular weight is 213 g/mol. The molecule has 15 heavy (non-hydrogen) atoms. The van der Waals surface area contributed by atoms with E-state index in [4.69, 9.17) is 0 Å². The van der Waals surface area contributed by atoms with Crippen molar-refractivity contribution in [2.75, 3.05) is 6.54 Å². The van der Waals surface area contributed by atoms with Gasteiger partial charge in [-0.3, -0.25) is 0 Å². The predicted molar refractivity (Wildman–Crippen MR) is 65.0 cm³/mol. The number of aliphatic hydroxyl groups is 1. The Labute approximate surface area is 94.5 Å². The van der Waals surface area contributed by atoms with Crippen molar-refractivity contribution in [1.82, 2.24) is 5.32 Å². The molecule has 0 heterocycles. The molecular weight excluding hydrogens is 186 g/mol. The molecule has 0 aromatic rings. The lowest BCUT2D eigenvalue weighted by Gasteiger charge is -2.28. The molecule has 0 aliphatic heterocycles. The minimum absolute atomic E-state index is 0.0937. The number of rotatable bonds is 6. The fourth-order valence-corrected chi connectivity index (χ4v) is 2.31. The van der Waals surface area contributed by atoms with Crippen LogP contribution in [0.15, 0.2) is 0 Å². The molecule has 0 spiro atoms. The molecule has 2 heteroatoms. The molecule has 1 saturated carbocycles. The highest BCUT2D eigenvalue weighted by Gasteiger charge is 2.21. The predicted octanol–water partition coefficient (Wildman–Crippen LogP) is 2.71. The molecule has 1 rings (SSSR count). The zero-order chi connectivity index (χ0) is 11.1. The second-order valence-corrected chi connectivity index (χ2v) is 5.30. The highest BCUT2D eigenvalue weighted by molar-refractivity contribution is 4.79. The van der Waals surface area contributed by atoms with Crippen LogP contribution in [0.1, 0.15) is 58.8 Å². The van der Waals surface area contributed by atoms with E-state index >= 15 is 0 Å². The van der Waals surface area contributed by atoms with E-state index in [1.807, 2.05) is 0 Å². The first kappa shape index (κ1) is 13.0.